The summed E-state index contributed by atoms with van der Waals surface area (Å²) in [7, 11) is 5.29. The van der Waals surface area contributed by atoms with Crippen molar-refractivity contribution in [1.29, 1.82) is 0 Å². The van der Waals surface area contributed by atoms with Crippen LogP contribution < -0.4 is 25.2 Å². The van der Waals surface area contributed by atoms with Gasteiger partial charge >= 0.3 is 0 Å². The molecule has 0 radical (unpaired) electrons. The van der Waals surface area contributed by atoms with Gasteiger partial charge in [0.05, 0.1) is 25.5 Å². The first-order chi connectivity index (χ1) is 19.9. The highest BCUT2D eigenvalue weighted by molar-refractivity contribution is 6.02. The van der Waals surface area contributed by atoms with Gasteiger partial charge in [-0.25, -0.2) is 4.98 Å². The van der Waals surface area contributed by atoms with Crippen molar-refractivity contribution in [1.82, 2.24) is 20.2 Å². The zero-order valence-corrected chi connectivity index (χ0v) is 25.2. The van der Waals surface area contributed by atoms with E-state index >= 15 is 0 Å². The minimum absolute atomic E-state index is 0.0126. The standard InChI is InChI=1S/C29H39N7O3.C2H6/c1-34(21-15-29(16-21)10-12-30-13-11-29)27(38)19-8-9-22(24(14-19)39-3)32-28-31-17-23-26(33-28)36(18-25(37)35(23)2)20-6-4-5-7-20;1-2/h8-9,14,17,20-21,30H,4-7,10-13,15-16,18H2,1-3H3,(H,31,32,33);1-2H3. The van der Waals surface area contributed by atoms with Gasteiger partial charge in [0.2, 0.25) is 11.9 Å². The van der Waals surface area contributed by atoms with E-state index in [9.17, 15) is 9.59 Å². The lowest BCUT2D eigenvalue weighted by atomic mass is 9.60. The predicted molar refractivity (Wildman–Crippen MR) is 162 cm³/mol. The van der Waals surface area contributed by atoms with Gasteiger partial charge in [-0.05, 0) is 75.2 Å². The number of piperidine rings is 1. The van der Waals surface area contributed by atoms with Crippen molar-refractivity contribution in [2.75, 3.05) is 56.0 Å². The van der Waals surface area contributed by atoms with Crippen LogP contribution in [0.2, 0.25) is 0 Å². The fraction of sp³-hybridized carbons (Fsp3) is 0.613. The molecule has 4 aliphatic rings. The third-order valence-electron chi connectivity index (χ3n) is 9.39. The molecule has 6 rings (SSSR count). The maximum atomic E-state index is 13.3. The number of likely N-dealkylation sites (N-methyl/N-ethyl adjacent to an activating group) is 1. The van der Waals surface area contributed by atoms with Gasteiger partial charge in [-0.3, -0.25) is 9.59 Å². The van der Waals surface area contributed by atoms with E-state index in [1.165, 1.54) is 25.7 Å². The number of nitrogens with one attached hydrogen (secondary N) is 2. The average molecular weight is 564 g/mol. The molecule has 1 spiro atoms. The maximum absolute atomic E-state index is 13.3. The van der Waals surface area contributed by atoms with E-state index in [1.807, 2.05) is 37.9 Å². The molecule has 3 heterocycles. The second-order valence-electron chi connectivity index (χ2n) is 11.7. The monoisotopic (exact) mass is 563 g/mol. The van der Waals surface area contributed by atoms with Crippen molar-refractivity contribution in [3.63, 3.8) is 0 Å². The summed E-state index contributed by atoms with van der Waals surface area (Å²) in [5.74, 6) is 1.83. The average Bonchev–Trinajstić information content (AvgIpc) is 3.53. The van der Waals surface area contributed by atoms with Gasteiger partial charge in [-0.1, -0.05) is 26.7 Å². The first kappa shape index (κ1) is 29.1. The van der Waals surface area contributed by atoms with Crippen LogP contribution in [0.25, 0.3) is 0 Å². The van der Waals surface area contributed by atoms with Gasteiger partial charge < -0.3 is 30.1 Å². The number of carbonyl (C=O) groups excluding carboxylic acids is 2. The minimum Gasteiger partial charge on any atom is -0.495 e. The third-order valence-corrected chi connectivity index (χ3v) is 9.39. The Morgan fingerprint density at radius 3 is 2.56 bits per heavy atom. The summed E-state index contributed by atoms with van der Waals surface area (Å²) >= 11 is 0. The number of aromatic nitrogens is 2. The zero-order valence-electron chi connectivity index (χ0n) is 25.2. The molecule has 0 bridgehead atoms. The fourth-order valence-corrected chi connectivity index (χ4v) is 6.85. The summed E-state index contributed by atoms with van der Waals surface area (Å²) in [6, 6.07) is 6.08. The van der Waals surface area contributed by atoms with Crippen LogP contribution in [0.5, 0.6) is 5.75 Å². The largest absolute Gasteiger partial charge is 0.495 e. The normalized spacial score (nSPS) is 20.2. The van der Waals surface area contributed by atoms with Crippen molar-refractivity contribution < 1.29 is 14.3 Å². The van der Waals surface area contributed by atoms with E-state index < -0.39 is 0 Å². The molecule has 1 aromatic heterocycles. The molecule has 41 heavy (non-hydrogen) atoms. The summed E-state index contributed by atoms with van der Waals surface area (Å²) < 4.78 is 5.67. The number of amides is 2. The van der Waals surface area contributed by atoms with Crippen LogP contribution in [0.3, 0.4) is 0 Å². The van der Waals surface area contributed by atoms with Crippen LogP contribution in [-0.2, 0) is 4.79 Å². The Kier molecular flexibility index (Phi) is 8.68. The Hall–Kier alpha value is -3.40. The third kappa shape index (κ3) is 5.71. The lowest BCUT2D eigenvalue weighted by Crippen LogP contribution is -2.54. The lowest BCUT2D eigenvalue weighted by Gasteiger charge is -2.53. The molecule has 3 fully saturated rings. The van der Waals surface area contributed by atoms with Crippen molar-refractivity contribution in [2.24, 2.45) is 5.41 Å². The number of methoxy groups -OCH3 is 1. The number of anilines is 4. The Morgan fingerprint density at radius 2 is 1.88 bits per heavy atom. The summed E-state index contributed by atoms with van der Waals surface area (Å²) in [6.07, 6.45) is 10.8. The Morgan fingerprint density at radius 1 is 1.17 bits per heavy atom. The second kappa shape index (κ2) is 12.2. The highest BCUT2D eigenvalue weighted by atomic mass is 16.5. The number of hydrogen-bond donors (Lipinski definition) is 2. The van der Waals surface area contributed by atoms with Crippen molar-refractivity contribution in [3.05, 3.63) is 30.0 Å². The molecule has 0 unspecified atom stereocenters. The molecule has 222 valence electrons. The highest BCUT2D eigenvalue weighted by Crippen LogP contribution is 2.50. The van der Waals surface area contributed by atoms with Crippen molar-refractivity contribution in [2.45, 2.75) is 77.3 Å². The van der Waals surface area contributed by atoms with Crippen LogP contribution in [-0.4, -0.2) is 79.6 Å². The smallest absolute Gasteiger partial charge is 0.253 e. The number of benzene rings is 1. The first-order valence-electron chi connectivity index (χ1n) is 15.2. The SMILES string of the molecule is CC.COc1cc(C(=O)N(C)C2CC3(CCNCC3)C2)ccc1Nc1ncc2c(n1)N(C1CCCC1)CC(=O)N2C. The topological polar surface area (TPSA) is 103 Å². The summed E-state index contributed by atoms with van der Waals surface area (Å²) in [5, 5.41) is 6.72. The minimum atomic E-state index is 0.0126. The molecular formula is C31H45N7O3. The summed E-state index contributed by atoms with van der Waals surface area (Å²) in [6.45, 7) is 6.49. The van der Waals surface area contributed by atoms with Crippen molar-refractivity contribution in [3.8, 4) is 5.75 Å². The van der Waals surface area contributed by atoms with Gasteiger partial charge in [0.15, 0.2) is 5.82 Å². The van der Waals surface area contributed by atoms with E-state index in [-0.39, 0.29) is 17.9 Å². The summed E-state index contributed by atoms with van der Waals surface area (Å²) in [5.41, 5.74) is 2.42. The first-order valence-corrected chi connectivity index (χ1v) is 15.2. The Balaban J connectivity index is 0.00000165. The second-order valence-corrected chi connectivity index (χ2v) is 11.7. The summed E-state index contributed by atoms with van der Waals surface area (Å²) in [4.78, 5) is 41.0. The fourth-order valence-electron chi connectivity index (χ4n) is 6.85. The molecule has 2 N–H and O–H groups in total. The van der Waals surface area contributed by atoms with E-state index in [0.29, 0.717) is 41.0 Å². The number of hydrogen-bond acceptors (Lipinski definition) is 8. The number of carbonyl (C=O) groups is 2. The molecule has 2 amide bonds. The molecule has 10 nitrogen and oxygen atoms in total. The van der Waals surface area contributed by atoms with E-state index in [2.05, 4.69) is 20.5 Å². The predicted octanol–water partition coefficient (Wildman–Crippen LogP) is 4.58. The van der Waals surface area contributed by atoms with Gasteiger partial charge in [0.1, 0.15) is 11.4 Å². The van der Waals surface area contributed by atoms with Crippen LogP contribution >= 0.6 is 0 Å². The molecule has 10 heteroatoms. The Labute approximate surface area is 243 Å². The maximum Gasteiger partial charge on any atom is 0.253 e. The highest BCUT2D eigenvalue weighted by Gasteiger charge is 2.47. The molecule has 2 aromatic rings. The van der Waals surface area contributed by atoms with E-state index in [4.69, 9.17) is 9.72 Å². The van der Waals surface area contributed by atoms with Crippen LogP contribution in [0, 0.1) is 5.41 Å². The van der Waals surface area contributed by atoms with Gasteiger partial charge in [0, 0.05) is 31.7 Å². The van der Waals surface area contributed by atoms with Crippen LogP contribution in [0.15, 0.2) is 24.4 Å². The molecule has 1 saturated heterocycles. The molecule has 2 saturated carbocycles. The van der Waals surface area contributed by atoms with Crippen LogP contribution in [0.1, 0.15) is 75.6 Å². The van der Waals surface area contributed by atoms with Gasteiger partial charge in [0.25, 0.3) is 5.91 Å². The quantitative estimate of drug-likeness (QED) is 0.527. The van der Waals surface area contributed by atoms with E-state index in [0.717, 1.165) is 50.3 Å². The number of rotatable bonds is 6. The van der Waals surface area contributed by atoms with E-state index in [1.54, 1.807) is 31.3 Å². The number of ether oxygens (including phenoxy) is 1. The Bertz CT molecular complexity index is 1250. The molecule has 2 aliphatic heterocycles. The number of nitrogens with zero attached hydrogens (tertiary/aromatic N) is 5. The van der Waals surface area contributed by atoms with Gasteiger partial charge in [-0.15, -0.1) is 0 Å². The molecule has 0 atom stereocenters. The molecule has 2 aliphatic carbocycles. The van der Waals surface area contributed by atoms with Crippen LogP contribution in [0.4, 0.5) is 23.1 Å². The van der Waals surface area contributed by atoms with Crippen molar-refractivity contribution >= 4 is 35.0 Å². The lowest BCUT2D eigenvalue weighted by molar-refractivity contribution is -0.117. The molecule has 1 aromatic carbocycles. The zero-order chi connectivity index (χ0) is 29.1. The van der Waals surface area contributed by atoms with Gasteiger partial charge in [-0.2, -0.15) is 4.98 Å². The molecular weight excluding hydrogens is 518 g/mol. The number of fused-ring (bicyclic) bond motifs is 1.